The normalized spacial score (nSPS) is 9.88. The Kier molecular flexibility index (Phi) is 4.60. The summed E-state index contributed by atoms with van der Waals surface area (Å²) in [4.78, 5) is 11.5. The lowest BCUT2D eigenvalue weighted by Crippen LogP contribution is -2.09. The zero-order chi connectivity index (χ0) is 12.0. The molecule has 0 saturated heterocycles. The molecule has 1 N–H and O–H groups in total. The van der Waals surface area contributed by atoms with Gasteiger partial charge in [0.25, 0.3) is 0 Å². The molecule has 0 fully saturated rings. The second kappa shape index (κ2) is 5.97. The fourth-order valence-electron chi connectivity index (χ4n) is 1.17. The van der Waals surface area contributed by atoms with Crippen molar-refractivity contribution in [2.24, 2.45) is 0 Å². The highest BCUT2D eigenvalue weighted by atomic mass is 16.7. The van der Waals surface area contributed by atoms with Gasteiger partial charge in [0, 0.05) is 7.11 Å². The van der Waals surface area contributed by atoms with E-state index in [0.717, 1.165) is 0 Å². The first-order valence-corrected chi connectivity index (χ1v) is 4.81. The van der Waals surface area contributed by atoms with E-state index in [2.05, 4.69) is 0 Å². The molecule has 88 valence electrons. The van der Waals surface area contributed by atoms with Gasteiger partial charge in [0.1, 0.15) is 17.1 Å². The van der Waals surface area contributed by atoms with E-state index in [1.807, 2.05) is 0 Å². The van der Waals surface area contributed by atoms with Crippen LogP contribution in [-0.4, -0.2) is 31.6 Å². The van der Waals surface area contributed by atoms with Gasteiger partial charge in [-0.2, -0.15) is 0 Å². The van der Waals surface area contributed by atoms with E-state index in [0.29, 0.717) is 0 Å². The second-order valence-electron chi connectivity index (χ2n) is 2.92. The average molecular weight is 226 g/mol. The lowest BCUT2D eigenvalue weighted by Gasteiger charge is -2.10. The maximum absolute atomic E-state index is 11.5. The summed E-state index contributed by atoms with van der Waals surface area (Å²) in [5.41, 5.74) is 0.0152. The Bertz CT molecular complexity index is 361. The van der Waals surface area contributed by atoms with Crippen molar-refractivity contribution in [2.75, 3.05) is 20.5 Å². The standard InChI is InChI=1S/C11H14O5/c1-3-15-11(13)10-8(12)5-4-6-9(10)16-7-14-2/h4-6,12H,3,7H2,1-2H3. The highest BCUT2D eigenvalue weighted by Crippen LogP contribution is 2.28. The Morgan fingerprint density at radius 2 is 2.19 bits per heavy atom. The van der Waals surface area contributed by atoms with Crippen LogP contribution in [-0.2, 0) is 9.47 Å². The van der Waals surface area contributed by atoms with Gasteiger partial charge in [-0.05, 0) is 19.1 Å². The molecule has 5 nitrogen and oxygen atoms in total. The van der Waals surface area contributed by atoms with E-state index in [1.54, 1.807) is 19.1 Å². The van der Waals surface area contributed by atoms with Gasteiger partial charge in [0.15, 0.2) is 6.79 Å². The first-order chi connectivity index (χ1) is 7.70. The predicted molar refractivity (Wildman–Crippen MR) is 56.6 cm³/mol. The van der Waals surface area contributed by atoms with Gasteiger partial charge in [0.2, 0.25) is 0 Å². The molecular weight excluding hydrogens is 212 g/mol. The van der Waals surface area contributed by atoms with Gasteiger partial charge in [0.05, 0.1) is 6.61 Å². The van der Waals surface area contributed by atoms with Gasteiger partial charge < -0.3 is 19.3 Å². The number of hydrogen-bond donors (Lipinski definition) is 1. The topological polar surface area (TPSA) is 65.0 Å². The van der Waals surface area contributed by atoms with Gasteiger partial charge in [-0.25, -0.2) is 4.79 Å². The van der Waals surface area contributed by atoms with Crippen molar-refractivity contribution >= 4 is 5.97 Å². The van der Waals surface area contributed by atoms with E-state index in [9.17, 15) is 9.90 Å². The number of rotatable bonds is 5. The van der Waals surface area contributed by atoms with Gasteiger partial charge >= 0.3 is 5.97 Å². The van der Waals surface area contributed by atoms with Crippen LogP contribution in [0.2, 0.25) is 0 Å². The SMILES string of the molecule is CCOC(=O)c1c(O)cccc1OCOC. The Labute approximate surface area is 93.6 Å². The van der Waals surface area contributed by atoms with Gasteiger partial charge in [-0.1, -0.05) is 6.07 Å². The molecule has 0 aromatic heterocycles. The molecule has 0 unspecified atom stereocenters. The highest BCUT2D eigenvalue weighted by molar-refractivity contribution is 5.95. The lowest BCUT2D eigenvalue weighted by atomic mass is 10.2. The number of esters is 1. The molecule has 0 bridgehead atoms. The third kappa shape index (κ3) is 2.87. The Morgan fingerprint density at radius 3 is 2.81 bits per heavy atom. The third-order valence-electron chi connectivity index (χ3n) is 1.82. The number of phenols is 1. The number of carbonyl (C=O) groups excluding carboxylic acids is 1. The number of carbonyl (C=O) groups is 1. The average Bonchev–Trinajstić information content (AvgIpc) is 2.26. The van der Waals surface area contributed by atoms with E-state index in [1.165, 1.54) is 13.2 Å². The van der Waals surface area contributed by atoms with E-state index >= 15 is 0 Å². The number of methoxy groups -OCH3 is 1. The summed E-state index contributed by atoms with van der Waals surface area (Å²) in [7, 11) is 1.47. The summed E-state index contributed by atoms with van der Waals surface area (Å²) < 4.78 is 14.7. The fraction of sp³-hybridized carbons (Fsp3) is 0.364. The van der Waals surface area contributed by atoms with E-state index in [-0.39, 0.29) is 30.5 Å². The molecule has 0 aliphatic rings. The fourth-order valence-corrected chi connectivity index (χ4v) is 1.17. The van der Waals surface area contributed by atoms with Crippen LogP contribution < -0.4 is 4.74 Å². The van der Waals surface area contributed by atoms with Gasteiger partial charge in [-0.15, -0.1) is 0 Å². The molecule has 0 radical (unpaired) electrons. The Hall–Kier alpha value is -1.75. The molecule has 5 heteroatoms. The minimum absolute atomic E-state index is 0.00411. The molecule has 0 aliphatic heterocycles. The number of benzene rings is 1. The van der Waals surface area contributed by atoms with Crippen LogP contribution in [0.25, 0.3) is 0 Å². The zero-order valence-electron chi connectivity index (χ0n) is 9.23. The second-order valence-corrected chi connectivity index (χ2v) is 2.92. The Balaban J connectivity index is 2.98. The van der Waals surface area contributed by atoms with Crippen LogP contribution in [0.1, 0.15) is 17.3 Å². The maximum Gasteiger partial charge on any atom is 0.345 e. The van der Waals surface area contributed by atoms with Crippen LogP contribution in [0.3, 0.4) is 0 Å². The van der Waals surface area contributed by atoms with Crippen LogP contribution in [0.15, 0.2) is 18.2 Å². The zero-order valence-corrected chi connectivity index (χ0v) is 9.23. The summed E-state index contributed by atoms with van der Waals surface area (Å²) in [5, 5.41) is 9.57. The first-order valence-electron chi connectivity index (χ1n) is 4.81. The minimum atomic E-state index is -0.619. The van der Waals surface area contributed by atoms with Crippen molar-refractivity contribution in [3.63, 3.8) is 0 Å². The summed E-state index contributed by atoms with van der Waals surface area (Å²) >= 11 is 0. The van der Waals surface area contributed by atoms with E-state index in [4.69, 9.17) is 14.2 Å². The monoisotopic (exact) mass is 226 g/mol. The van der Waals surface area contributed by atoms with E-state index < -0.39 is 5.97 Å². The summed E-state index contributed by atoms with van der Waals surface area (Å²) in [6.45, 7) is 1.92. The van der Waals surface area contributed by atoms with Crippen LogP contribution in [0, 0.1) is 0 Å². The third-order valence-corrected chi connectivity index (χ3v) is 1.82. The number of aromatic hydroxyl groups is 1. The number of phenolic OH excluding ortho intramolecular Hbond substituents is 1. The molecule has 0 aliphatic carbocycles. The predicted octanol–water partition coefficient (Wildman–Crippen LogP) is 1.55. The molecule has 1 aromatic rings. The molecule has 1 rings (SSSR count). The van der Waals surface area contributed by atoms with Crippen molar-refractivity contribution in [1.29, 1.82) is 0 Å². The molecule has 16 heavy (non-hydrogen) atoms. The molecular formula is C11H14O5. The van der Waals surface area contributed by atoms with Crippen molar-refractivity contribution in [3.8, 4) is 11.5 Å². The van der Waals surface area contributed by atoms with Crippen LogP contribution >= 0.6 is 0 Å². The molecule has 0 atom stereocenters. The number of hydrogen-bond acceptors (Lipinski definition) is 5. The molecule has 1 aromatic carbocycles. The lowest BCUT2D eigenvalue weighted by molar-refractivity contribution is 0.0434. The van der Waals surface area contributed by atoms with Crippen molar-refractivity contribution < 1.29 is 24.1 Å². The maximum atomic E-state index is 11.5. The summed E-state index contributed by atoms with van der Waals surface area (Å²) in [6.07, 6.45) is 0. The molecule has 0 spiro atoms. The van der Waals surface area contributed by atoms with Crippen molar-refractivity contribution in [1.82, 2.24) is 0 Å². The Morgan fingerprint density at radius 1 is 1.44 bits per heavy atom. The van der Waals surface area contributed by atoms with Crippen LogP contribution in [0.5, 0.6) is 11.5 Å². The van der Waals surface area contributed by atoms with Crippen molar-refractivity contribution in [2.45, 2.75) is 6.92 Å². The molecule has 0 amide bonds. The molecule has 0 saturated carbocycles. The number of ether oxygens (including phenoxy) is 3. The largest absolute Gasteiger partial charge is 0.507 e. The van der Waals surface area contributed by atoms with Gasteiger partial charge in [-0.3, -0.25) is 0 Å². The first kappa shape index (κ1) is 12.3. The minimum Gasteiger partial charge on any atom is -0.507 e. The highest BCUT2D eigenvalue weighted by Gasteiger charge is 2.18. The summed E-state index contributed by atoms with van der Waals surface area (Å²) in [5.74, 6) is -0.556. The smallest absolute Gasteiger partial charge is 0.345 e. The van der Waals surface area contributed by atoms with Crippen LogP contribution in [0.4, 0.5) is 0 Å². The summed E-state index contributed by atoms with van der Waals surface area (Å²) in [6, 6.07) is 4.53. The molecule has 0 heterocycles. The quantitative estimate of drug-likeness (QED) is 0.609. The van der Waals surface area contributed by atoms with Crippen molar-refractivity contribution in [3.05, 3.63) is 23.8 Å².